The number of aliphatic hydroxyl groups is 1. The van der Waals surface area contributed by atoms with Crippen molar-refractivity contribution in [1.82, 2.24) is 14.1 Å². The van der Waals surface area contributed by atoms with E-state index in [1.54, 1.807) is 13.8 Å². The molecule has 2 N–H and O–H groups in total. The van der Waals surface area contributed by atoms with E-state index in [0.29, 0.717) is 24.2 Å². The van der Waals surface area contributed by atoms with Gasteiger partial charge in [0.25, 0.3) is 0 Å². The Morgan fingerprint density at radius 1 is 1.33 bits per heavy atom. The number of carboxylic acids is 1. The van der Waals surface area contributed by atoms with Crippen LogP contribution in [0.1, 0.15) is 24.2 Å². The van der Waals surface area contributed by atoms with Gasteiger partial charge < -0.3 is 10.2 Å². The fourth-order valence-electron chi connectivity index (χ4n) is 2.55. The summed E-state index contributed by atoms with van der Waals surface area (Å²) in [5.74, 6) is -1.08. The van der Waals surface area contributed by atoms with Crippen LogP contribution >= 0.6 is 0 Å². The zero-order chi connectivity index (χ0) is 15.8. The minimum atomic E-state index is -3.72. The van der Waals surface area contributed by atoms with Gasteiger partial charge in [-0.1, -0.05) is 0 Å². The fourth-order valence-corrected chi connectivity index (χ4v) is 4.39. The Balaban J connectivity index is 2.36. The number of carbonyl (C=O) groups is 1. The van der Waals surface area contributed by atoms with Crippen LogP contribution in [0.4, 0.5) is 0 Å². The highest BCUT2D eigenvalue weighted by molar-refractivity contribution is 7.89. The summed E-state index contributed by atoms with van der Waals surface area (Å²) >= 11 is 0. The molecule has 1 fully saturated rings. The summed E-state index contributed by atoms with van der Waals surface area (Å²) in [4.78, 5) is 10.9. The van der Waals surface area contributed by atoms with Gasteiger partial charge in [0.05, 0.1) is 17.5 Å². The third-order valence-electron chi connectivity index (χ3n) is 3.62. The second-order valence-electron chi connectivity index (χ2n) is 5.19. The van der Waals surface area contributed by atoms with Gasteiger partial charge in [0.2, 0.25) is 10.0 Å². The van der Waals surface area contributed by atoms with Crippen LogP contribution in [0.3, 0.4) is 0 Å². The third-order valence-corrected chi connectivity index (χ3v) is 5.77. The second-order valence-corrected chi connectivity index (χ2v) is 7.06. The highest BCUT2D eigenvalue weighted by Gasteiger charge is 2.33. The first-order valence-corrected chi connectivity index (χ1v) is 8.11. The molecule has 0 unspecified atom stereocenters. The number of aliphatic carboxylic acids is 1. The Bertz CT molecular complexity index is 644. The zero-order valence-corrected chi connectivity index (χ0v) is 12.8. The summed E-state index contributed by atoms with van der Waals surface area (Å²) in [6.45, 7) is 3.24. The number of carboxylic acid groups (broad SMARTS) is 1. The standard InChI is InChI=1S/C12H19N3O5S/c1-8-12(9(2)15(13-8)7-11(17)18)21(19,20)14-5-3-10(16)4-6-14/h10,16H,3-7H2,1-2H3,(H,17,18). The van der Waals surface area contributed by atoms with Crippen LogP contribution in [0.25, 0.3) is 0 Å². The third kappa shape index (κ3) is 3.09. The molecule has 0 amide bonds. The maximum atomic E-state index is 12.7. The first kappa shape index (κ1) is 15.9. The number of rotatable bonds is 4. The van der Waals surface area contributed by atoms with E-state index in [0.717, 1.165) is 0 Å². The number of piperidine rings is 1. The molecule has 0 saturated carbocycles. The SMILES string of the molecule is Cc1nn(CC(=O)O)c(C)c1S(=O)(=O)N1CCC(O)CC1. The van der Waals surface area contributed by atoms with Gasteiger partial charge in [-0.2, -0.15) is 9.40 Å². The van der Waals surface area contributed by atoms with Crippen LogP contribution in [-0.2, 0) is 21.4 Å². The minimum absolute atomic E-state index is 0.0696. The van der Waals surface area contributed by atoms with Gasteiger partial charge in [0.15, 0.2) is 0 Å². The fraction of sp³-hybridized carbons (Fsp3) is 0.667. The number of hydrogen-bond acceptors (Lipinski definition) is 5. The lowest BCUT2D eigenvalue weighted by Crippen LogP contribution is -2.40. The van der Waals surface area contributed by atoms with Crippen molar-refractivity contribution >= 4 is 16.0 Å². The lowest BCUT2D eigenvalue weighted by molar-refractivity contribution is -0.137. The van der Waals surface area contributed by atoms with E-state index >= 15 is 0 Å². The molecule has 21 heavy (non-hydrogen) atoms. The van der Waals surface area contributed by atoms with E-state index in [4.69, 9.17) is 5.11 Å². The molecule has 2 rings (SSSR count). The molecule has 0 atom stereocenters. The van der Waals surface area contributed by atoms with E-state index in [1.807, 2.05) is 0 Å². The number of aryl methyl sites for hydroxylation is 1. The molecule has 1 aliphatic rings. The molecule has 0 spiro atoms. The Hall–Kier alpha value is -1.45. The van der Waals surface area contributed by atoms with Crippen LogP contribution in [0.5, 0.6) is 0 Å². The topological polar surface area (TPSA) is 113 Å². The molecule has 1 aromatic rings. The predicted octanol–water partition coefficient (Wildman–Crippen LogP) is -0.270. The summed E-state index contributed by atoms with van der Waals surface area (Å²) in [5, 5.41) is 22.3. The zero-order valence-electron chi connectivity index (χ0n) is 12.0. The number of nitrogens with zero attached hydrogens (tertiary/aromatic N) is 3. The summed E-state index contributed by atoms with van der Waals surface area (Å²) in [5.41, 5.74) is 0.612. The van der Waals surface area contributed by atoms with Gasteiger partial charge in [0, 0.05) is 13.1 Å². The molecule has 9 heteroatoms. The molecule has 1 aliphatic heterocycles. The van der Waals surface area contributed by atoms with Crippen molar-refractivity contribution in [3.8, 4) is 0 Å². The van der Waals surface area contributed by atoms with E-state index in [1.165, 1.54) is 8.99 Å². The Morgan fingerprint density at radius 2 is 1.90 bits per heavy atom. The quantitative estimate of drug-likeness (QED) is 0.790. The van der Waals surface area contributed by atoms with Crippen molar-refractivity contribution in [2.24, 2.45) is 0 Å². The van der Waals surface area contributed by atoms with Crippen LogP contribution in [0.2, 0.25) is 0 Å². The Labute approximate surface area is 123 Å². The monoisotopic (exact) mass is 317 g/mol. The summed E-state index contributed by atoms with van der Waals surface area (Å²) < 4.78 is 27.9. The van der Waals surface area contributed by atoms with Crippen LogP contribution in [-0.4, -0.2) is 57.9 Å². The highest BCUT2D eigenvalue weighted by atomic mass is 32.2. The van der Waals surface area contributed by atoms with Gasteiger partial charge >= 0.3 is 5.97 Å². The highest BCUT2D eigenvalue weighted by Crippen LogP contribution is 2.26. The number of sulfonamides is 1. The first-order valence-electron chi connectivity index (χ1n) is 6.67. The van der Waals surface area contributed by atoms with E-state index < -0.39 is 22.1 Å². The molecule has 0 aromatic carbocycles. The number of aliphatic hydroxyl groups excluding tert-OH is 1. The molecule has 0 bridgehead atoms. The number of hydrogen-bond donors (Lipinski definition) is 2. The van der Waals surface area contributed by atoms with Crippen molar-refractivity contribution < 1.29 is 23.4 Å². The van der Waals surface area contributed by atoms with Crippen LogP contribution in [0.15, 0.2) is 4.90 Å². The van der Waals surface area contributed by atoms with Gasteiger partial charge in [-0.15, -0.1) is 0 Å². The Kier molecular flexibility index (Phi) is 4.35. The minimum Gasteiger partial charge on any atom is -0.480 e. The predicted molar refractivity (Wildman–Crippen MR) is 73.3 cm³/mol. The number of aromatic nitrogens is 2. The lowest BCUT2D eigenvalue weighted by atomic mass is 10.1. The lowest BCUT2D eigenvalue weighted by Gasteiger charge is -2.28. The summed E-state index contributed by atoms with van der Waals surface area (Å²) in [7, 11) is -3.72. The maximum absolute atomic E-state index is 12.7. The molecular formula is C12H19N3O5S. The van der Waals surface area contributed by atoms with Crippen molar-refractivity contribution in [2.45, 2.75) is 44.2 Å². The Morgan fingerprint density at radius 3 is 2.43 bits per heavy atom. The average Bonchev–Trinajstić information content (AvgIpc) is 2.64. The van der Waals surface area contributed by atoms with Crippen LogP contribution in [0, 0.1) is 13.8 Å². The van der Waals surface area contributed by atoms with Gasteiger partial charge in [-0.25, -0.2) is 8.42 Å². The molecule has 2 heterocycles. The normalized spacial score (nSPS) is 18.0. The molecular weight excluding hydrogens is 298 g/mol. The molecule has 1 saturated heterocycles. The summed E-state index contributed by atoms with van der Waals surface area (Å²) in [6.07, 6.45) is 0.342. The van der Waals surface area contributed by atoms with Crippen molar-refractivity contribution in [3.63, 3.8) is 0 Å². The summed E-state index contributed by atoms with van der Waals surface area (Å²) in [6, 6.07) is 0. The van der Waals surface area contributed by atoms with Gasteiger partial charge in [-0.3, -0.25) is 9.48 Å². The van der Waals surface area contributed by atoms with Crippen molar-refractivity contribution in [1.29, 1.82) is 0 Å². The molecule has 8 nitrogen and oxygen atoms in total. The molecule has 1 aromatic heterocycles. The second kappa shape index (κ2) is 5.74. The van der Waals surface area contributed by atoms with E-state index in [2.05, 4.69) is 5.10 Å². The van der Waals surface area contributed by atoms with E-state index in [9.17, 15) is 18.3 Å². The van der Waals surface area contributed by atoms with Gasteiger partial charge in [0.1, 0.15) is 11.4 Å². The molecule has 0 aliphatic carbocycles. The van der Waals surface area contributed by atoms with Crippen LogP contribution < -0.4 is 0 Å². The van der Waals surface area contributed by atoms with Crippen molar-refractivity contribution in [2.75, 3.05) is 13.1 Å². The maximum Gasteiger partial charge on any atom is 0.325 e. The van der Waals surface area contributed by atoms with E-state index in [-0.39, 0.29) is 24.5 Å². The molecule has 0 radical (unpaired) electrons. The smallest absolute Gasteiger partial charge is 0.325 e. The largest absolute Gasteiger partial charge is 0.480 e. The first-order chi connectivity index (χ1) is 9.73. The van der Waals surface area contributed by atoms with Crippen molar-refractivity contribution in [3.05, 3.63) is 11.4 Å². The molecule has 118 valence electrons. The van der Waals surface area contributed by atoms with Gasteiger partial charge in [-0.05, 0) is 26.7 Å². The average molecular weight is 317 g/mol.